The molecular formula is C17H22N4O5S. The van der Waals surface area contributed by atoms with E-state index in [0.29, 0.717) is 19.0 Å². The van der Waals surface area contributed by atoms with Crippen LogP contribution in [0.3, 0.4) is 0 Å². The van der Waals surface area contributed by atoms with Crippen molar-refractivity contribution in [3.8, 4) is 0 Å². The zero-order chi connectivity index (χ0) is 19.7. The van der Waals surface area contributed by atoms with Gasteiger partial charge in [0, 0.05) is 26.4 Å². The highest BCUT2D eigenvalue weighted by molar-refractivity contribution is 7.89. The van der Waals surface area contributed by atoms with Gasteiger partial charge >= 0.3 is 5.97 Å². The molecule has 146 valence electrons. The molecule has 2 N–H and O–H groups in total. The molecule has 0 atom stereocenters. The lowest BCUT2D eigenvalue weighted by Crippen LogP contribution is -2.27. The highest BCUT2D eigenvalue weighted by atomic mass is 32.2. The van der Waals surface area contributed by atoms with Gasteiger partial charge in [-0.3, -0.25) is 0 Å². The number of benzene rings is 1. The Morgan fingerprint density at radius 1 is 1.22 bits per heavy atom. The van der Waals surface area contributed by atoms with Gasteiger partial charge in [-0.2, -0.15) is 0 Å². The zero-order valence-corrected chi connectivity index (χ0v) is 16.0. The molecule has 9 nitrogen and oxygen atoms in total. The van der Waals surface area contributed by atoms with Crippen molar-refractivity contribution >= 4 is 21.8 Å². The van der Waals surface area contributed by atoms with E-state index in [-0.39, 0.29) is 23.6 Å². The molecular weight excluding hydrogens is 372 g/mol. The molecule has 0 saturated heterocycles. The SMILES string of the molecule is CCOC(=O)c1cncnc1NCc1ccc(S(=O)(=O)NCCOC)cc1. The van der Waals surface area contributed by atoms with Crippen LogP contribution in [0.5, 0.6) is 0 Å². The van der Waals surface area contributed by atoms with Crippen LogP contribution in [0.25, 0.3) is 0 Å². The molecule has 1 heterocycles. The minimum atomic E-state index is -3.57. The lowest BCUT2D eigenvalue weighted by atomic mass is 10.2. The van der Waals surface area contributed by atoms with Crippen LogP contribution in [0.4, 0.5) is 5.82 Å². The third-order valence-corrected chi connectivity index (χ3v) is 4.98. The Labute approximate surface area is 158 Å². The maximum atomic E-state index is 12.1. The molecule has 0 bridgehead atoms. The number of carbonyl (C=O) groups excluding carboxylic acids is 1. The zero-order valence-electron chi connectivity index (χ0n) is 15.1. The summed E-state index contributed by atoms with van der Waals surface area (Å²) in [6, 6.07) is 6.39. The largest absolute Gasteiger partial charge is 0.462 e. The molecule has 0 amide bonds. The second kappa shape index (κ2) is 9.95. The Kier molecular flexibility index (Phi) is 7.65. The van der Waals surface area contributed by atoms with Crippen molar-refractivity contribution in [3.63, 3.8) is 0 Å². The first kappa shape index (κ1) is 20.7. The Hall–Kier alpha value is -2.56. The standard InChI is InChI=1S/C17H22N4O5S/c1-3-26-17(22)15-11-18-12-20-16(15)19-10-13-4-6-14(7-5-13)27(23,24)21-8-9-25-2/h4-7,11-12,21H,3,8-10H2,1-2H3,(H,18,19,20). The van der Waals surface area contributed by atoms with E-state index < -0.39 is 16.0 Å². The molecule has 2 rings (SSSR count). The van der Waals surface area contributed by atoms with Gasteiger partial charge in [-0.25, -0.2) is 27.9 Å². The fourth-order valence-electron chi connectivity index (χ4n) is 2.16. The van der Waals surface area contributed by atoms with E-state index in [2.05, 4.69) is 20.0 Å². The first-order chi connectivity index (χ1) is 13.0. The Bertz CT molecular complexity index is 856. The van der Waals surface area contributed by atoms with Crippen LogP contribution in [0.1, 0.15) is 22.8 Å². The summed E-state index contributed by atoms with van der Waals surface area (Å²) >= 11 is 0. The van der Waals surface area contributed by atoms with Crippen molar-refractivity contribution in [2.45, 2.75) is 18.4 Å². The number of esters is 1. The smallest absolute Gasteiger partial charge is 0.343 e. The topological polar surface area (TPSA) is 120 Å². The molecule has 0 unspecified atom stereocenters. The summed E-state index contributed by atoms with van der Waals surface area (Å²) in [5.41, 5.74) is 1.06. The van der Waals surface area contributed by atoms with Crippen LogP contribution in [0.15, 0.2) is 41.7 Å². The average Bonchev–Trinajstić information content (AvgIpc) is 2.67. The van der Waals surface area contributed by atoms with Crippen molar-refractivity contribution in [1.82, 2.24) is 14.7 Å². The fourth-order valence-corrected chi connectivity index (χ4v) is 3.18. The number of carbonyl (C=O) groups is 1. The molecule has 0 fully saturated rings. The fraction of sp³-hybridized carbons (Fsp3) is 0.353. The number of anilines is 1. The molecule has 0 aliphatic heterocycles. The Morgan fingerprint density at radius 2 is 1.96 bits per heavy atom. The van der Waals surface area contributed by atoms with E-state index in [9.17, 15) is 13.2 Å². The predicted octanol–water partition coefficient (Wildman–Crippen LogP) is 1.19. The van der Waals surface area contributed by atoms with Crippen molar-refractivity contribution < 1.29 is 22.7 Å². The number of methoxy groups -OCH3 is 1. The van der Waals surface area contributed by atoms with Crippen molar-refractivity contribution in [3.05, 3.63) is 47.9 Å². The summed E-state index contributed by atoms with van der Waals surface area (Å²) in [7, 11) is -2.07. The molecule has 1 aromatic carbocycles. The maximum absolute atomic E-state index is 12.1. The number of hydrogen-bond acceptors (Lipinski definition) is 8. The third kappa shape index (κ3) is 5.98. The monoisotopic (exact) mass is 394 g/mol. The van der Waals surface area contributed by atoms with Crippen LogP contribution in [0.2, 0.25) is 0 Å². The summed E-state index contributed by atoms with van der Waals surface area (Å²) in [6.07, 6.45) is 2.71. The highest BCUT2D eigenvalue weighted by Crippen LogP contribution is 2.15. The maximum Gasteiger partial charge on any atom is 0.343 e. The van der Waals surface area contributed by atoms with Crippen molar-refractivity contribution in [2.24, 2.45) is 0 Å². The molecule has 2 aromatic rings. The van der Waals surface area contributed by atoms with Gasteiger partial charge in [0.15, 0.2) is 0 Å². The van der Waals surface area contributed by atoms with Gasteiger partial charge < -0.3 is 14.8 Å². The first-order valence-electron chi connectivity index (χ1n) is 8.26. The first-order valence-corrected chi connectivity index (χ1v) is 9.74. The van der Waals surface area contributed by atoms with Gasteiger partial charge in [-0.15, -0.1) is 0 Å². The number of rotatable bonds is 10. The van der Waals surface area contributed by atoms with Crippen LogP contribution in [0, 0.1) is 0 Å². The second-order valence-electron chi connectivity index (χ2n) is 5.39. The summed E-state index contributed by atoms with van der Waals surface area (Å²) in [4.78, 5) is 20.0. The van der Waals surface area contributed by atoms with Gasteiger partial charge in [-0.05, 0) is 24.6 Å². The van der Waals surface area contributed by atoms with Crippen molar-refractivity contribution in [2.75, 3.05) is 32.2 Å². The number of sulfonamides is 1. The summed E-state index contributed by atoms with van der Waals surface area (Å²) < 4.78 is 36.5. The number of ether oxygens (including phenoxy) is 2. The third-order valence-electron chi connectivity index (χ3n) is 3.50. The number of hydrogen-bond donors (Lipinski definition) is 2. The minimum Gasteiger partial charge on any atom is -0.462 e. The van der Waals surface area contributed by atoms with Gasteiger partial charge in [0.1, 0.15) is 17.7 Å². The molecule has 10 heteroatoms. The van der Waals surface area contributed by atoms with Gasteiger partial charge in [-0.1, -0.05) is 12.1 Å². The van der Waals surface area contributed by atoms with Gasteiger partial charge in [0.05, 0.1) is 18.1 Å². The van der Waals surface area contributed by atoms with E-state index in [0.717, 1.165) is 5.56 Å². The lowest BCUT2D eigenvalue weighted by Gasteiger charge is -2.10. The number of nitrogens with zero attached hydrogens (tertiary/aromatic N) is 2. The van der Waals surface area contributed by atoms with E-state index >= 15 is 0 Å². The van der Waals surface area contributed by atoms with Crippen LogP contribution >= 0.6 is 0 Å². The molecule has 27 heavy (non-hydrogen) atoms. The lowest BCUT2D eigenvalue weighted by molar-refractivity contribution is 0.0526. The number of nitrogens with one attached hydrogen (secondary N) is 2. The quantitative estimate of drug-likeness (QED) is 0.455. The highest BCUT2D eigenvalue weighted by Gasteiger charge is 2.15. The van der Waals surface area contributed by atoms with E-state index in [1.165, 1.54) is 31.8 Å². The Balaban J connectivity index is 2.03. The predicted molar refractivity (Wildman–Crippen MR) is 98.8 cm³/mol. The van der Waals surface area contributed by atoms with E-state index in [1.54, 1.807) is 19.1 Å². The van der Waals surface area contributed by atoms with Crippen LogP contribution in [-0.2, 0) is 26.0 Å². The second-order valence-corrected chi connectivity index (χ2v) is 7.16. The summed E-state index contributed by atoms with van der Waals surface area (Å²) in [5.74, 6) is -0.162. The Morgan fingerprint density at radius 3 is 2.63 bits per heavy atom. The van der Waals surface area contributed by atoms with E-state index in [1.807, 2.05) is 0 Å². The number of aromatic nitrogens is 2. The molecule has 1 aromatic heterocycles. The summed E-state index contributed by atoms with van der Waals surface area (Å²) in [5, 5.41) is 3.04. The van der Waals surface area contributed by atoms with Crippen LogP contribution in [-0.4, -0.2) is 51.2 Å². The molecule has 0 aliphatic carbocycles. The minimum absolute atomic E-state index is 0.164. The average molecular weight is 394 g/mol. The molecule has 0 radical (unpaired) electrons. The van der Waals surface area contributed by atoms with Gasteiger partial charge in [0.25, 0.3) is 0 Å². The van der Waals surface area contributed by atoms with Gasteiger partial charge in [0.2, 0.25) is 10.0 Å². The summed E-state index contributed by atoms with van der Waals surface area (Å²) in [6.45, 7) is 2.81. The molecule has 0 saturated carbocycles. The molecule has 0 aliphatic rings. The van der Waals surface area contributed by atoms with Crippen LogP contribution < -0.4 is 10.0 Å². The van der Waals surface area contributed by atoms with E-state index in [4.69, 9.17) is 9.47 Å². The molecule has 0 spiro atoms. The normalized spacial score (nSPS) is 11.2. The van der Waals surface area contributed by atoms with Crippen molar-refractivity contribution in [1.29, 1.82) is 0 Å².